The van der Waals surface area contributed by atoms with Gasteiger partial charge in [0, 0.05) is 7.05 Å². The first kappa shape index (κ1) is 15.2. The molecule has 0 bridgehead atoms. The number of rotatable bonds is 3. The van der Waals surface area contributed by atoms with Gasteiger partial charge in [-0.15, -0.1) is 0 Å². The highest BCUT2D eigenvalue weighted by molar-refractivity contribution is 6.46. The molecule has 1 nitrogen and oxygen atoms in total. The predicted molar refractivity (Wildman–Crippen MR) is 75.3 cm³/mol. The smallest absolute Gasteiger partial charge is 0.0785 e. The van der Waals surface area contributed by atoms with Crippen molar-refractivity contribution >= 4 is 17.3 Å². The van der Waals surface area contributed by atoms with Crippen LogP contribution in [0.2, 0.25) is 0 Å². The van der Waals surface area contributed by atoms with Crippen molar-refractivity contribution in [2.24, 2.45) is 10.4 Å². The van der Waals surface area contributed by atoms with Crippen LogP contribution in [0.15, 0.2) is 39.9 Å². The lowest BCUT2D eigenvalue weighted by Crippen LogP contribution is -2.14. The van der Waals surface area contributed by atoms with E-state index in [1.54, 1.807) is 7.05 Å². The zero-order valence-electron chi connectivity index (χ0n) is 11.2. The van der Waals surface area contributed by atoms with Crippen molar-refractivity contribution in [2.45, 2.75) is 34.6 Å². The first-order valence-electron chi connectivity index (χ1n) is 5.42. The van der Waals surface area contributed by atoms with E-state index in [0.29, 0.717) is 5.03 Å². The highest BCUT2D eigenvalue weighted by atomic mass is 35.5. The Morgan fingerprint density at radius 1 is 1.31 bits per heavy atom. The van der Waals surface area contributed by atoms with Crippen molar-refractivity contribution < 1.29 is 0 Å². The molecule has 0 spiro atoms. The zero-order chi connectivity index (χ0) is 12.9. The number of allylic oxidation sites excluding steroid dienone is 5. The molecule has 0 fully saturated rings. The number of halogens is 1. The first-order valence-corrected chi connectivity index (χ1v) is 5.80. The fraction of sp³-hybridized carbons (Fsp3) is 0.500. The summed E-state index contributed by atoms with van der Waals surface area (Å²) in [7, 11) is 1.76. The Morgan fingerprint density at radius 3 is 2.06 bits per heavy atom. The van der Waals surface area contributed by atoms with Gasteiger partial charge in [-0.1, -0.05) is 51.1 Å². The van der Waals surface area contributed by atoms with Crippen LogP contribution in [0.5, 0.6) is 0 Å². The largest absolute Gasteiger partial charge is 0.287 e. The molecule has 0 aliphatic rings. The van der Waals surface area contributed by atoms with Crippen LogP contribution in [0.1, 0.15) is 34.6 Å². The Hall–Kier alpha value is -0.820. The Labute approximate surface area is 105 Å². The molecular weight excluding hydrogens is 218 g/mol. The molecule has 0 aliphatic heterocycles. The maximum absolute atomic E-state index is 6.14. The van der Waals surface area contributed by atoms with Gasteiger partial charge < -0.3 is 0 Å². The fourth-order valence-corrected chi connectivity index (χ4v) is 1.97. The minimum Gasteiger partial charge on any atom is -0.287 e. The minimum atomic E-state index is 0.0483. The van der Waals surface area contributed by atoms with Crippen LogP contribution in [-0.4, -0.2) is 12.8 Å². The van der Waals surface area contributed by atoms with E-state index < -0.39 is 0 Å². The molecule has 0 heterocycles. The van der Waals surface area contributed by atoms with Crippen LogP contribution in [0.25, 0.3) is 0 Å². The Morgan fingerprint density at radius 2 is 1.81 bits per heavy atom. The Bertz CT molecular complexity index is 351. The van der Waals surface area contributed by atoms with E-state index in [-0.39, 0.29) is 5.41 Å². The van der Waals surface area contributed by atoms with E-state index >= 15 is 0 Å². The lowest BCUT2D eigenvalue weighted by molar-refractivity contribution is 0.514. The Kier molecular flexibility index (Phi) is 5.74. The molecule has 16 heavy (non-hydrogen) atoms. The van der Waals surface area contributed by atoms with Gasteiger partial charge in [-0.05, 0) is 30.4 Å². The SMILES string of the molecule is C=C/C(=C(C)/C(=N/C)C(/Cl)=C\C)C(C)(C)C. The maximum atomic E-state index is 6.14. The van der Waals surface area contributed by atoms with Crippen molar-refractivity contribution in [3.8, 4) is 0 Å². The van der Waals surface area contributed by atoms with Crippen LogP contribution in [0, 0.1) is 5.41 Å². The molecular formula is C14H22ClN. The molecule has 0 aromatic carbocycles. The van der Waals surface area contributed by atoms with Crippen LogP contribution in [-0.2, 0) is 0 Å². The highest BCUT2D eigenvalue weighted by Crippen LogP contribution is 2.30. The monoisotopic (exact) mass is 239 g/mol. The third kappa shape index (κ3) is 3.64. The lowest BCUT2D eigenvalue weighted by Gasteiger charge is -2.23. The van der Waals surface area contributed by atoms with Crippen molar-refractivity contribution in [3.63, 3.8) is 0 Å². The summed E-state index contributed by atoms with van der Waals surface area (Å²) in [6.07, 6.45) is 3.75. The van der Waals surface area contributed by atoms with Gasteiger partial charge in [-0.3, -0.25) is 4.99 Å². The van der Waals surface area contributed by atoms with Crippen molar-refractivity contribution in [1.82, 2.24) is 0 Å². The molecule has 2 heteroatoms. The standard InChI is InChI=1S/C14H22ClN/c1-8-11(14(4,5)6)10(3)13(16-7)12(15)9-2/h8-9H,1H2,2-7H3/b11-10-,12-9+,16-13-. The van der Waals surface area contributed by atoms with Gasteiger partial charge in [0.2, 0.25) is 0 Å². The molecule has 0 aromatic heterocycles. The molecule has 0 N–H and O–H groups in total. The summed E-state index contributed by atoms with van der Waals surface area (Å²) in [6.45, 7) is 14.3. The van der Waals surface area contributed by atoms with Crippen LogP contribution >= 0.6 is 11.6 Å². The van der Waals surface area contributed by atoms with Gasteiger partial charge in [0.25, 0.3) is 0 Å². The number of hydrogen-bond donors (Lipinski definition) is 0. The molecule has 0 aromatic rings. The summed E-state index contributed by atoms with van der Waals surface area (Å²) >= 11 is 6.14. The molecule has 0 radical (unpaired) electrons. The third-order valence-electron chi connectivity index (χ3n) is 2.47. The molecule has 0 saturated carbocycles. The van der Waals surface area contributed by atoms with E-state index in [4.69, 9.17) is 11.6 Å². The van der Waals surface area contributed by atoms with Gasteiger partial charge in [0.05, 0.1) is 10.7 Å². The molecule has 0 aliphatic carbocycles. The number of hydrogen-bond acceptors (Lipinski definition) is 1. The molecule has 0 atom stereocenters. The molecule has 0 saturated heterocycles. The second kappa shape index (κ2) is 6.05. The average Bonchev–Trinajstić information content (AvgIpc) is 2.17. The summed E-state index contributed by atoms with van der Waals surface area (Å²) < 4.78 is 0. The molecule has 90 valence electrons. The van der Waals surface area contributed by atoms with Gasteiger partial charge in [0.1, 0.15) is 0 Å². The topological polar surface area (TPSA) is 12.4 Å². The average molecular weight is 240 g/mol. The predicted octanol–water partition coefficient (Wildman–Crippen LogP) is 4.75. The van der Waals surface area contributed by atoms with Gasteiger partial charge in [0.15, 0.2) is 0 Å². The van der Waals surface area contributed by atoms with Crippen LogP contribution in [0.4, 0.5) is 0 Å². The van der Waals surface area contributed by atoms with E-state index in [9.17, 15) is 0 Å². The third-order valence-corrected chi connectivity index (χ3v) is 2.87. The van der Waals surface area contributed by atoms with Crippen molar-refractivity contribution in [1.29, 1.82) is 0 Å². The summed E-state index contributed by atoms with van der Waals surface area (Å²) in [5.41, 5.74) is 3.15. The highest BCUT2D eigenvalue weighted by Gasteiger charge is 2.19. The lowest BCUT2D eigenvalue weighted by atomic mass is 9.82. The van der Waals surface area contributed by atoms with Crippen LogP contribution < -0.4 is 0 Å². The fourth-order valence-electron chi connectivity index (χ4n) is 1.74. The van der Waals surface area contributed by atoms with Crippen molar-refractivity contribution in [3.05, 3.63) is 34.9 Å². The minimum absolute atomic E-state index is 0.0483. The van der Waals surface area contributed by atoms with Gasteiger partial charge >= 0.3 is 0 Å². The summed E-state index contributed by atoms with van der Waals surface area (Å²) in [4.78, 5) is 4.25. The molecule has 0 amide bonds. The zero-order valence-corrected chi connectivity index (χ0v) is 11.9. The first-order chi connectivity index (χ1) is 7.29. The van der Waals surface area contributed by atoms with E-state index in [2.05, 4.69) is 32.3 Å². The molecule has 0 rings (SSSR count). The van der Waals surface area contributed by atoms with Crippen molar-refractivity contribution in [2.75, 3.05) is 7.05 Å². The number of nitrogens with zero attached hydrogens (tertiary/aromatic N) is 1. The Balaban J connectivity index is 5.69. The van der Waals surface area contributed by atoms with Gasteiger partial charge in [-0.25, -0.2) is 0 Å². The summed E-state index contributed by atoms with van der Waals surface area (Å²) in [5.74, 6) is 0. The maximum Gasteiger partial charge on any atom is 0.0785 e. The summed E-state index contributed by atoms with van der Waals surface area (Å²) in [5, 5.41) is 0.684. The number of aliphatic imine (C=N–C) groups is 1. The van der Waals surface area contributed by atoms with E-state index in [0.717, 1.165) is 11.3 Å². The second-order valence-corrected chi connectivity index (χ2v) is 5.11. The molecule has 0 unspecified atom stereocenters. The quantitative estimate of drug-likeness (QED) is 0.498. The second-order valence-electron chi connectivity index (χ2n) is 4.70. The van der Waals surface area contributed by atoms with Crippen LogP contribution in [0.3, 0.4) is 0 Å². The van der Waals surface area contributed by atoms with E-state index in [1.807, 2.05) is 26.0 Å². The summed E-state index contributed by atoms with van der Waals surface area (Å²) in [6, 6.07) is 0. The normalized spacial score (nSPS) is 15.9. The van der Waals surface area contributed by atoms with Gasteiger partial charge in [-0.2, -0.15) is 0 Å². The van der Waals surface area contributed by atoms with E-state index in [1.165, 1.54) is 5.57 Å².